The van der Waals surface area contributed by atoms with Crippen LogP contribution in [0.4, 0.5) is 0 Å². The van der Waals surface area contributed by atoms with Gasteiger partial charge in [-0.25, -0.2) is 0 Å². The summed E-state index contributed by atoms with van der Waals surface area (Å²) in [5, 5.41) is 0. The quantitative estimate of drug-likeness (QED) is 0.288. The Balaban J connectivity index is 1.81. The van der Waals surface area contributed by atoms with Crippen molar-refractivity contribution in [2.75, 3.05) is 0 Å². The van der Waals surface area contributed by atoms with Crippen LogP contribution in [0.25, 0.3) is 33.9 Å². The summed E-state index contributed by atoms with van der Waals surface area (Å²) in [6, 6.07) is 33.7. The summed E-state index contributed by atoms with van der Waals surface area (Å²) in [6.07, 6.45) is 3.42. The number of fused-ring (bicyclic) bond motifs is 1. The van der Waals surface area contributed by atoms with E-state index < -0.39 is 0 Å². The van der Waals surface area contributed by atoms with Gasteiger partial charge in [0.25, 0.3) is 0 Å². The zero-order chi connectivity index (χ0) is 24.8. The van der Waals surface area contributed by atoms with Crippen molar-refractivity contribution in [3.05, 3.63) is 119 Å². The van der Waals surface area contributed by atoms with Crippen LogP contribution in [0.2, 0.25) is 0 Å². The average molecular weight is 457 g/mol. The molecule has 0 N–H and O–H groups in total. The Kier molecular flexibility index (Phi) is 5.80. The molecule has 1 aliphatic carbocycles. The molecule has 0 heteroatoms. The highest BCUT2D eigenvalue weighted by Gasteiger charge is 2.25. The lowest BCUT2D eigenvalue weighted by Crippen LogP contribution is -2.16. The van der Waals surface area contributed by atoms with Gasteiger partial charge in [0.15, 0.2) is 0 Å². The summed E-state index contributed by atoms with van der Waals surface area (Å²) in [4.78, 5) is 0. The fourth-order valence-corrected chi connectivity index (χ4v) is 5.06. The Morgan fingerprint density at radius 1 is 0.543 bits per heavy atom. The Morgan fingerprint density at radius 3 is 1.63 bits per heavy atom. The van der Waals surface area contributed by atoms with Crippen LogP contribution in [0, 0.1) is 0 Å². The Labute approximate surface area is 211 Å². The van der Waals surface area contributed by atoms with Crippen molar-refractivity contribution in [1.82, 2.24) is 0 Å². The number of hydrogen-bond donors (Lipinski definition) is 0. The van der Waals surface area contributed by atoms with Gasteiger partial charge in [-0.2, -0.15) is 0 Å². The summed E-state index contributed by atoms with van der Waals surface area (Å²) in [6.45, 7) is 13.9. The minimum Gasteiger partial charge on any atom is -0.0622 e. The Hall–Kier alpha value is -3.38. The molecule has 0 radical (unpaired) electrons. The molecule has 176 valence electrons. The van der Waals surface area contributed by atoms with Crippen LogP contribution in [0.5, 0.6) is 0 Å². The van der Waals surface area contributed by atoms with Gasteiger partial charge in [-0.1, -0.05) is 133 Å². The second kappa shape index (κ2) is 8.68. The van der Waals surface area contributed by atoms with Gasteiger partial charge in [0, 0.05) is 0 Å². The summed E-state index contributed by atoms with van der Waals surface area (Å²) in [7, 11) is 0. The SMILES string of the molecule is CC(C)(C)c1cc(-c2c(-c3ccccc3)ccc3c2C=C(c2ccccc2)C3)cc(C(C)(C)C)c1. The van der Waals surface area contributed by atoms with Gasteiger partial charge in [-0.3, -0.25) is 0 Å². The third-order valence-corrected chi connectivity index (χ3v) is 7.22. The maximum absolute atomic E-state index is 2.44. The van der Waals surface area contributed by atoms with E-state index in [1.54, 1.807) is 0 Å². The molecular weight excluding hydrogens is 420 g/mol. The van der Waals surface area contributed by atoms with Gasteiger partial charge < -0.3 is 0 Å². The number of benzene rings is 4. The van der Waals surface area contributed by atoms with Crippen molar-refractivity contribution < 1.29 is 0 Å². The molecule has 4 aromatic carbocycles. The van der Waals surface area contributed by atoms with E-state index in [2.05, 4.69) is 139 Å². The maximum Gasteiger partial charge on any atom is -0.00134 e. The number of hydrogen-bond acceptors (Lipinski definition) is 0. The Morgan fingerprint density at radius 2 is 1.09 bits per heavy atom. The molecule has 0 heterocycles. The van der Waals surface area contributed by atoms with Gasteiger partial charge in [0.2, 0.25) is 0 Å². The summed E-state index contributed by atoms with van der Waals surface area (Å²) >= 11 is 0. The molecule has 35 heavy (non-hydrogen) atoms. The number of allylic oxidation sites excluding steroid dienone is 1. The van der Waals surface area contributed by atoms with Crippen molar-refractivity contribution in [2.45, 2.75) is 58.8 Å². The lowest BCUT2D eigenvalue weighted by atomic mass is 9.77. The van der Waals surface area contributed by atoms with Crippen molar-refractivity contribution in [3.63, 3.8) is 0 Å². The molecule has 0 nitrogen and oxygen atoms in total. The van der Waals surface area contributed by atoms with E-state index in [9.17, 15) is 0 Å². The minimum atomic E-state index is 0.0753. The first kappa shape index (κ1) is 23.4. The minimum absolute atomic E-state index is 0.0753. The topological polar surface area (TPSA) is 0 Å². The van der Waals surface area contributed by atoms with Gasteiger partial charge in [-0.15, -0.1) is 0 Å². The fourth-order valence-electron chi connectivity index (χ4n) is 5.06. The summed E-state index contributed by atoms with van der Waals surface area (Å²) in [5.74, 6) is 0. The molecule has 0 atom stereocenters. The molecule has 0 fully saturated rings. The maximum atomic E-state index is 2.44. The molecule has 0 saturated heterocycles. The lowest BCUT2D eigenvalue weighted by molar-refractivity contribution is 0.569. The van der Waals surface area contributed by atoms with Crippen molar-refractivity contribution >= 4 is 11.6 Å². The van der Waals surface area contributed by atoms with Crippen molar-refractivity contribution in [3.8, 4) is 22.3 Å². The third-order valence-electron chi connectivity index (χ3n) is 7.22. The zero-order valence-corrected chi connectivity index (χ0v) is 21.9. The lowest BCUT2D eigenvalue weighted by Gasteiger charge is -2.27. The average Bonchev–Trinajstić information content (AvgIpc) is 3.27. The molecule has 1 aliphatic rings. The molecule has 0 unspecified atom stereocenters. The predicted molar refractivity (Wildman–Crippen MR) is 153 cm³/mol. The van der Waals surface area contributed by atoms with E-state index in [4.69, 9.17) is 0 Å². The van der Waals surface area contributed by atoms with Crippen LogP contribution in [0.1, 0.15) is 69.4 Å². The molecule has 0 amide bonds. The molecule has 4 aromatic rings. The highest BCUT2D eigenvalue weighted by Crippen LogP contribution is 2.45. The summed E-state index contributed by atoms with van der Waals surface area (Å²) in [5.41, 5.74) is 13.7. The van der Waals surface area contributed by atoms with Gasteiger partial charge in [0.05, 0.1) is 0 Å². The van der Waals surface area contributed by atoms with Gasteiger partial charge >= 0.3 is 0 Å². The monoisotopic (exact) mass is 456 g/mol. The number of rotatable bonds is 3. The molecule has 0 spiro atoms. The van der Waals surface area contributed by atoms with E-state index in [-0.39, 0.29) is 10.8 Å². The molecular formula is C35H36. The van der Waals surface area contributed by atoms with Crippen molar-refractivity contribution in [2.24, 2.45) is 0 Å². The third kappa shape index (κ3) is 4.63. The first-order valence-corrected chi connectivity index (χ1v) is 12.7. The highest BCUT2D eigenvalue weighted by atomic mass is 14.3. The zero-order valence-electron chi connectivity index (χ0n) is 21.9. The largest absolute Gasteiger partial charge is 0.0622 e. The molecule has 0 aliphatic heterocycles. The Bertz CT molecular complexity index is 1360. The molecule has 5 rings (SSSR count). The smallest absolute Gasteiger partial charge is 0.00134 e. The van der Waals surface area contributed by atoms with E-state index in [0.717, 1.165) is 6.42 Å². The first-order chi connectivity index (χ1) is 16.6. The fraction of sp³-hybridized carbons (Fsp3) is 0.257. The van der Waals surface area contributed by atoms with E-state index >= 15 is 0 Å². The van der Waals surface area contributed by atoms with Crippen LogP contribution in [0.3, 0.4) is 0 Å². The molecule has 0 saturated carbocycles. The summed E-state index contributed by atoms with van der Waals surface area (Å²) < 4.78 is 0. The highest BCUT2D eigenvalue weighted by molar-refractivity contribution is 5.99. The van der Waals surface area contributed by atoms with Gasteiger partial charge in [-0.05, 0) is 79.0 Å². The van der Waals surface area contributed by atoms with Crippen molar-refractivity contribution in [1.29, 1.82) is 0 Å². The predicted octanol–water partition coefficient (Wildman–Crippen LogP) is 9.71. The molecule has 0 bridgehead atoms. The van der Waals surface area contributed by atoms with E-state index in [1.807, 2.05) is 0 Å². The van der Waals surface area contributed by atoms with E-state index in [0.29, 0.717) is 0 Å². The first-order valence-electron chi connectivity index (χ1n) is 12.7. The second-order valence-corrected chi connectivity index (χ2v) is 11.9. The van der Waals surface area contributed by atoms with Crippen LogP contribution < -0.4 is 0 Å². The molecule has 0 aromatic heterocycles. The van der Waals surface area contributed by atoms with Crippen LogP contribution in [-0.4, -0.2) is 0 Å². The van der Waals surface area contributed by atoms with Crippen LogP contribution >= 0.6 is 0 Å². The van der Waals surface area contributed by atoms with Crippen LogP contribution in [-0.2, 0) is 17.3 Å². The standard InChI is InChI=1S/C35H36/c1-34(2,3)29-20-28(21-30(23-29)35(4,5)6)33-31(25-15-11-8-12-16-25)18-17-26-19-27(22-32(26)33)24-13-9-7-10-14-24/h7-18,20-23H,19H2,1-6H3. The normalized spacial score (nSPS) is 13.5. The second-order valence-electron chi connectivity index (χ2n) is 11.9. The van der Waals surface area contributed by atoms with E-state index in [1.165, 1.54) is 55.6 Å². The van der Waals surface area contributed by atoms with Gasteiger partial charge in [0.1, 0.15) is 0 Å². The van der Waals surface area contributed by atoms with Crippen LogP contribution in [0.15, 0.2) is 91.0 Å².